The van der Waals surface area contributed by atoms with Crippen molar-refractivity contribution >= 4 is 47.5 Å². The van der Waals surface area contributed by atoms with Crippen LogP contribution in [0.4, 0.5) is 9.59 Å². The molecule has 0 unspecified atom stereocenters. The van der Waals surface area contributed by atoms with Gasteiger partial charge in [0.05, 0.1) is 11.4 Å². The van der Waals surface area contributed by atoms with Crippen LogP contribution in [0, 0.1) is 11.8 Å². The Balaban J connectivity index is 0.000000237. The molecule has 0 bridgehead atoms. The van der Waals surface area contributed by atoms with E-state index in [1.807, 2.05) is 78.1 Å². The van der Waals surface area contributed by atoms with Gasteiger partial charge in [-0.2, -0.15) is 0 Å². The fourth-order valence-electron chi connectivity index (χ4n) is 6.43. The molecule has 6 N–H and O–H groups in total. The van der Waals surface area contributed by atoms with Gasteiger partial charge in [0.25, 0.3) is 0 Å². The van der Waals surface area contributed by atoms with Gasteiger partial charge in [-0.05, 0) is 138 Å². The van der Waals surface area contributed by atoms with Crippen LogP contribution in [0.3, 0.4) is 0 Å². The number of carbonyl (C=O) groups excluding carboxylic acids is 2. The molecular formula is C50H70Cl2N8O4. The lowest BCUT2D eigenvalue weighted by atomic mass is 9.89. The summed E-state index contributed by atoms with van der Waals surface area (Å²) in [6.07, 6.45) is 28.5. The molecule has 348 valence electrons. The van der Waals surface area contributed by atoms with E-state index in [1.165, 1.54) is 64.2 Å². The zero-order chi connectivity index (χ0) is 46.8. The molecule has 2 fully saturated rings. The number of carbonyl (C=O) groups is 2. The summed E-state index contributed by atoms with van der Waals surface area (Å²) < 4.78 is 10.3. The molecule has 2 aliphatic carbocycles. The van der Waals surface area contributed by atoms with Gasteiger partial charge in [-0.25, -0.2) is 19.6 Å². The monoisotopic (exact) mass is 916 g/mol. The van der Waals surface area contributed by atoms with E-state index in [0.29, 0.717) is 42.4 Å². The summed E-state index contributed by atoms with van der Waals surface area (Å²) in [6, 6.07) is 15.1. The number of ether oxygens (including phenoxy) is 2. The van der Waals surface area contributed by atoms with Gasteiger partial charge in [-0.3, -0.25) is 9.97 Å². The molecule has 0 radical (unpaired) electrons. The predicted octanol–water partition coefficient (Wildman–Crippen LogP) is 11.8. The number of hydrogen-bond donors (Lipinski definition) is 4. The third kappa shape index (κ3) is 24.8. The van der Waals surface area contributed by atoms with Crippen LogP contribution in [-0.4, -0.2) is 43.3 Å². The zero-order valence-corrected chi connectivity index (χ0v) is 40.1. The first-order chi connectivity index (χ1) is 30.5. The number of amides is 2. The van der Waals surface area contributed by atoms with Crippen LogP contribution in [-0.2, 0) is 35.7 Å². The summed E-state index contributed by atoms with van der Waals surface area (Å²) >= 11 is 11.2. The Morgan fingerprint density at radius 3 is 1.22 bits per heavy atom. The summed E-state index contributed by atoms with van der Waals surface area (Å²) in [5, 5.41) is 6.31. The first kappa shape index (κ1) is 53.5. The largest absolute Gasteiger partial charge is 0.444 e. The summed E-state index contributed by atoms with van der Waals surface area (Å²) in [6.45, 7) is 12.9. The van der Waals surface area contributed by atoms with Crippen molar-refractivity contribution < 1.29 is 19.1 Å². The quantitative estimate of drug-likeness (QED) is 0.112. The van der Waals surface area contributed by atoms with Gasteiger partial charge < -0.3 is 31.6 Å². The number of alkyl carbamates (subject to hydrolysis) is 2. The highest BCUT2D eigenvalue weighted by Crippen LogP contribution is 2.26. The number of aromatic nitrogens is 4. The lowest BCUT2D eigenvalue weighted by Gasteiger charge is -2.19. The summed E-state index contributed by atoms with van der Waals surface area (Å²) in [5.41, 5.74) is 15.8. The molecular weight excluding hydrogens is 848 g/mol. The maximum Gasteiger partial charge on any atom is 0.407 e. The van der Waals surface area contributed by atoms with Gasteiger partial charge in [0.15, 0.2) is 0 Å². The van der Waals surface area contributed by atoms with Crippen molar-refractivity contribution in [2.75, 3.05) is 0 Å². The Bertz CT molecular complexity index is 1970. The smallest absolute Gasteiger partial charge is 0.407 e. The van der Waals surface area contributed by atoms with Crippen molar-refractivity contribution in [2.45, 2.75) is 143 Å². The highest BCUT2D eigenvalue weighted by molar-refractivity contribution is 6.29. The van der Waals surface area contributed by atoms with Crippen LogP contribution in [0.2, 0.25) is 10.3 Å². The number of nitrogens with zero attached hydrogens (tertiary/aromatic N) is 4. The van der Waals surface area contributed by atoms with Gasteiger partial charge in [0.2, 0.25) is 0 Å². The van der Waals surface area contributed by atoms with Gasteiger partial charge in [-0.1, -0.05) is 98.1 Å². The highest BCUT2D eigenvalue weighted by atomic mass is 35.5. The molecule has 2 aliphatic rings. The van der Waals surface area contributed by atoms with Crippen LogP contribution in [0.15, 0.2) is 85.5 Å². The first-order valence-corrected chi connectivity index (χ1v) is 23.1. The molecule has 6 rings (SSSR count). The minimum absolute atomic E-state index is 0.374. The second-order valence-electron chi connectivity index (χ2n) is 17.8. The van der Waals surface area contributed by atoms with E-state index in [4.69, 9.17) is 44.1 Å². The molecule has 12 nitrogen and oxygen atoms in total. The Morgan fingerprint density at radius 1 is 0.562 bits per heavy atom. The van der Waals surface area contributed by atoms with E-state index in [-0.39, 0.29) is 0 Å². The molecule has 4 aromatic rings. The number of halogens is 2. The second-order valence-corrected chi connectivity index (χ2v) is 18.6. The van der Waals surface area contributed by atoms with E-state index in [9.17, 15) is 9.59 Å². The molecule has 0 aliphatic heterocycles. The van der Waals surface area contributed by atoms with Crippen molar-refractivity contribution in [3.05, 3.63) is 129 Å². The fourth-order valence-corrected chi connectivity index (χ4v) is 6.66. The lowest BCUT2D eigenvalue weighted by molar-refractivity contribution is 0.0512. The van der Waals surface area contributed by atoms with Crippen LogP contribution < -0.4 is 22.1 Å². The average molecular weight is 918 g/mol. The van der Waals surface area contributed by atoms with Gasteiger partial charge >= 0.3 is 12.2 Å². The maximum absolute atomic E-state index is 11.6. The molecule has 0 spiro atoms. The average Bonchev–Trinajstić information content (AvgIpc) is 3.28. The van der Waals surface area contributed by atoms with Crippen molar-refractivity contribution in [1.82, 2.24) is 30.6 Å². The van der Waals surface area contributed by atoms with E-state index in [0.717, 1.165) is 39.6 Å². The van der Waals surface area contributed by atoms with Crippen LogP contribution >= 0.6 is 23.2 Å². The van der Waals surface area contributed by atoms with Crippen LogP contribution in [0.5, 0.6) is 0 Å². The summed E-state index contributed by atoms with van der Waals surface area (Å²) in [7, 11) is 0. The summed E-state index contributed by atoms with van der Waals surface area (Å²) in [4.78, 5) is 39.5. The normalized spacial score (nSPS) is 14.5. The first-order valence-electron chi connectivity index (χ1n) is 22.3. The number of rotatable bonds is 10. The molecule has 64 heavy (non-hydrogen) atoms. The molecule has 2 saturated carbocycles. The number of pyridine rings is 4. The molecule has 0 atom stereocenters. The topological polar surface area (TPSA) is 180 Å². The molecule has 0 aromatic carbocycles. The molecule has 4 heterocycles. The van der Waals surface area contributed by atoms with E-state index >= 15 is 0 Å². The third-order valence-electron chi connectivity index (χ3n) is 9.79. The molecule has 14 heteroatoms. The standard InChI is InChI=1S/C19H28N2O2.C14H20N2.C11H15ClN2O2.C6H7ClN2/c1-19(2,3)23-18(22)21-14-16-10-12-17(20-13-16)11-9-15-7-5-4-6-8-15;15-10-13-7-9-14(16-11-13)8-6-12-4-2-1-3-5-12;1-11(2,3)16-10(15)14-7-8-4-5-9(12)13-6-8;7-6-2-1-5(3-8)4-9-6/h9-13,15H,4-8,14H2,1-3H3,(H,21,22);6-9,11-12H,1-5,10,15H2;4-6H,7H2,1-3H3,(H,14,15);1-2,4H,3,8H2/b11-9+;8-6+;;. The summed E-state index contributed by atoms with van der Waals surface area (Å²) in [5.74, 6) is 1.48. The molecule has 0 saturated heterocycles. The minimum atomic E-state index is -0.484. The van der Waals surface area contributed by atoms with E-state index in [1.54, 1.807) is 36.8 Å². The highest BCUT2D eigenvalue weighted by Gasteiger charge is 2.17. The second kappa shape index (κ2) is 28.8. The number of nitrogens with one attached hydrogen (secondary N) is 2. The Labute approximate surface area is 391 Å². The van der Waals surface area contributed by atoms with Crippen molar-refractivity contribution in [3.63, 3.8) is 0 Å². The fraction of sp³-hybridized carbons (Fsp3) is 0.480. The van der Waals surface area contributed by atoms with Crippen LogP contribution in [0.1, 0.15) is 139 Å². The third-order valence-corrected chi connectivity index (χ3v) is 10.2. The molecule has 2 amide bonds. The Kier molecular flexibility index (Phi) is 24.1. The van der Waals surface area contributed by atoms with E-state index < -0.39 is 23.4 Å². The van der Waals surface area contributed by atoms with E-state index in [2.05, 4.69) is 54.9 Å². The predicted molar refractivity (Wildman–Crippen MR) is 260 cm³/mol. The lowest BCUT2D eigenvalue weighted by Crippen LogP contribution is -2.32. The van der Waals surface area contributed by atoms with Gasteiger partial charge in [0, 0.05) is 51.0 Å². The van der Waals surface area contributed by atoms with Crippen molar-refractivity contribution in [2.24, 2.45) is 23.3 Å². The zero-order valence-electron chi connectivity index (χ0n) is 38.6. The molecule has 4 aromatic heterocycles. The SMILES string of the molecule is CC(C)(C)OC(=O)NCc1ccc(/C=C/C2CCCCC2)nc1.CC(C)(C)OC(=O)NCc1ccc(Cl)nc1.NCc1ccc(/C=C/C2CCCCC2)nc1.NCc1ccc(Cl)nc1. The van der Waals surface area contributed by atoms with Gasteiger partial charge in [-0.15, -0.1) is 0 Å². The Hall–Kier alpha value is -4.88. The van der Waals surface area contributed by atoms with Gasteiger partial charge in [0.1, 0.15) is 21.5 Å². The number of hydrogen-bond acceptors (Lipinski definition) is 10. The minimum Gasteiger partial charge on any atom is -0.444 e. The number of allylic oxidation sites excluding steroid dienone is 2. The van der Waals surface area contributed by atoms with Crippen LogP contribution in [0.25, 0.3) is 12.2 Å². The Morgan fingerprint density at radius 2 is 0.906 bits per heavy atom. The number of nitrogens with two attached hydrogens (primary N) is 2. The van der Waals surface area contributed by atoms with Crippen molar-refractivity contribution in [3.8, 4) is 0 Å². The van der Waals surface area contributed by atoms with Crippen molar-refractivity contribution in [1.29, 1.82) is 0 Å². The maximum atomic E-state index is 11.6.